The lowest BCUT2D eigenvalue weighted by molar-refractivity contribution is -0.137. The second-order valence-electron chi connectivity index (χ2n) is 5.28. The van der Waals surface area contributed by atoms with E-state index in [2.05, 4.69) is 5.32 Å². The highest BCUT2D eigenvalue weighted by Crippen LogP contribution is 2.29. The Bertz CT molecular complexity index is 470. The number of halogens is 3. The molecule has 20 heavy (non-hydrogen) atoms. The van der Waals surface area contributed by atoms with Crippen LogP contribution >= 0.6 is 0 Å². The predicted molar refractivity (Wildman–Crippen MR) is 69.1 cm³/mol. The Labute approximate surface area is 115 Å². The molecular weight excluding hydrogens is 271 g/mol. The number of carbonyl (C=O) groups excluding carboxylic acids is 1. The molecule has 0 bridgehead atoms. The molecule has 1 aromatic rings. The summed E-state index contributed by atoms with van der Waals surface area (Å²) in [6.45, 7) is 3.41. The van der Waals surface area contributed by atoms with Crippen molar-refractivity contribution in [3.63, 3.8) is 0 Å². The van der Waals surface area contributed by atoms with Crippen molar-refractivity contribution in [2.24, 2.45) is 0 Å². The highest BCUT2D eigenvalue weighted by atomic mass is 19.4. The van der Waals surface area contributed by atoms with Gasteiger partial charge in [0.1, 0.15) is 0 Å². The molecule has 0 aliphatic heterocycles. The van der Waals surface area contributed by atoms with Crippen molar-refractivity contribution in [3.8, 4) is 0 Å². The maximum atomic E-state index is 12.5. The molecule has 0 aliphatic rings. The summed E-state index contributed by atoms with van der Waals surface area (Å²) in [7, 11) is 0. The zero-order valence-electron chi connectivity index (χ0n) is 11.4. The monoisotopic (exact) mass is 289 g/mol. The average molecular weight is 289 g/mol. The number of amides is 1. The number of benzene rings is 1. The largest absolute Gasteiger partial charge is 0.416 e. The summed E-state index contributed by atoms with van der Waals surface area (Å²) >= 11 is 0. The van der Waals surface area contributed by atoms with Gasteiger partial charge in [-0.3, -0.25) is 4.79 Å². The molecule has 0 heterocycles. The van der Waals surface area contributed by atoms with Gasteiger partial charge in [0.15, 0.2) is 0 Å². The lowest BCUT2D eigenvalue weighted by Crippen LogP contribution is -2.44. The van der Waals surface area contributed by atoms with Gasteiger partial charge in [0.25, 0.3) is 0 Å². The molecule has 1 rings (SSSR count). The number of rotatable bonds is 5. The zero-order valence-corrected chi connectivity index (χ0v) is 11.4. The fraction of sp³-hybridized carbons (Fsp3) is 0.500. The molecule has 0 atom stereocenters. The molecule has 3 nitrogen and oxygen atoms in total. The molecule has 1 amide bonds. The summed E-state index contributed by atoms with van der Waals surface area (Å²) in [5, 5.41) is 11.5. The van der Waals surface area contributed by atoms with Gasteiger partial charge in [0.2, 0.25) is 5.91 Å². The molecular formula is C14H18F3NO2. The van der Waals surface area contributed by atoms with Crippen LogP contribution in [0, 0.1) is 0 Å². The molecule has 0 saturated carbocycles. The van der Waals surface area contributed by atoms with E-state index in [0.29, 0.717) is 12.0 Å². The molecule has 0 fully saturated rings. The van der Waals surface area contributed by atoms with Crippen LogP contribution < -0.4 is 5.32 Å². The van der Waals surface area contributed by atoms with E-state index in [4.69, 9.17) is 5.11 Å². The molecule has 6 heteroatoms. The highest BCUT2D eigenvalue weighted by molar-refractivity contribution is 5.79. The maximum Gasteiger partial charge on any atom is 0.416 e. The normalized spacial score (nSPS) is 12.3. The van der Waals surface area contributed by atoms with E-state index in [1.54, 1.807) is 13.8 Å². The fourth-order valence-corrected chi connectivity index (χ4v) is 1.81. The van der Waals surface area contributed by atoms with Gasteiger partial charge in [-0.2, -0.15) is 13.2 Å². The predicted octanol–water partition coefficient (Wildman–Crippen LogP) is 2.53. The first-order valence-electron chi connectivity index (χ1n) is 6.22. The fourth-order valence-electron chi connectivity index (χ4n) is 1.81. The van der Waals surface area contributed by atoms with E-state index >= 15 is 0 Å². The quantitative estimate of drug-likeness (QED) is 0.875. The topological polar surface area (TPSA) is 49.3 Å². The molecule has 112 valence electrons. The Morgan fingerprint density at radius 2 is 1.95 bits per heavy atom. The third-order valence-corrected chi connectivity index (χ3v) is 2.83. The van der Waals surface area contributed by atoms with Crippen LogP contribution in [-0.2, 0) is 17.4 Å². The van der Waals surface area contributed by atoms with Crippen molar-refractivity contribution in [3.05, 3.63) is 35.4 Å². The molecule has 0 aromatic heterocycles. The van der Waals surface area contributed by atoms with E-state index in [-0.39, 0.29) is 18.9 Å². The van der Waals surface area contributed by atoms with Crippen LogP contribution in [0.1, 0.15) is 31.4 Å². The first-order valence-corrected chi connectivity index (χ1v) is 6.22. The third-order valence-electron chi connectivity index (χ3n) is 2.83. The van der Waals surface area contributed by atoms with Gasteiger partial charge in [-0.05, 0) is 31.9 Å². The van der Waals surface area contributed by atoms with E-state index < -0.39 is 17.3 Å². The molecule has 0 aliphatic carbocycles. The van der Waals surface area contributed by atoms with Crippen LogP contribution in [0.3, 0.4) is 0 Å². The highest BCUT2D eigenvalue weighted by Gasteiger charge is 2.30. The first kappa shape index (κ1) is 16.5. The molecule has 0 saturated heterocycles. The summed E-state index contributed by atoms with van der Waals surface area (Å²) < 4.78 is 37.6. The Balaban J connectivity index is 2.72. The van der Waals surface area contributed by atoms with Crippen LogP contribution in [-0.4, -0.2) is 23.2 Å². The molecule has 0 spiro atoms. The summed E-state index contributed by atoms with van der Waals surface area (Å²) in [5.74, 6) is -0.372. The van der Waals surface area contributed by atoms with Crippen molar-refractivity contribution in [2.75, 3.05) is 6.61 Å². The van der Waals surface area contributed by atoms with Gasteiger partial charge in [0, 0.05) is 12.1 Å². The number of aliphatic hydroxyl groups is 1. The van der Waals surface area contributed by atoms with Crippen LogP contribution in [0.15, 0.2) is 24.3 Å². The van der Waals surface area contributed by atoms with Crippen LogP contribution in [0.5, 0.6) is 0 Å². The molecule has 2 N–H and O–H groups in total. The number of alkyl halides is 3. The minimum atomic E-state index is -4.41. The van der Waals surface area contributed by atoms with Gasteiger partial charge in [0.05, 0.1) is 12.0 Å². The zero-order chi connectivity index (χ0) is 15.4. The molecule has 0 unspecified atom stereocenters. The Morgan fingerprint density at radius 3 is 2.50 bits per heavy atom. The second-order valence-corrected chi connectivity index (χ2v) is 5.28. The summed E-state index contributed by atoms with van der Waals surface area (Å²) in [6.07, 6.45) is -4.16. The summed E-state index contributed by atoms with van der Waals surface area (Å²) in [4.78, 5) is 11.8. The van der Waals surface area contributed by atoms with Crippen molar-refractivity contribution < 1.29 is 23.1 Å². The Kier molecular flexibility index (Phi) is 5.16. The van der Waals surface area contributed by atoms with Gasteiger partial charge in [-0.15, -0.1) is 0 Å². The van der Waals surface area contributed by atoms with E-state index in [1.165, 1.54) is 12.1 Å². The smallest absolute Gasteiger partial charge is 0.396 e. The van der Waals surface area contributed by atoms with E-state index in [0.717, 1.165) is 12.1 Å². The lowest BCUT2D eigenvalue weighted by Gasteiger charge is -2.25. The van der Waals surface area contributed by atoms with Gasteiger partial charge in [-0.1, -0.05) is 18.2 Å². The number of aliphatic hydroxyl groups excluding tert-OH is 1. The number of nitrogens with one attached hydrogen (secondary N) is 1. The van der Waals surface area contributed by atoms with Crippen molar-refractivity contribution in [1.29, 1.82) is 0 Å². The average Bonchev–Trinajstić information content (AvgIpc) is 2.26. The maximum absolute atomic E-state index is 12.5. The second kappa shape index (κ2) is 6.26. The summed E-state index contributed by atoms with van der Waals surface area (Å²) in [5.41, 5.74) is -1.05. The SMILES string of the molecule is CC(C)(CCO)NC(=O)Cc1cccc(C(F)(F)F)c1. The van der Waals surface area contributed by atoms with E-state index in [1.807, 2.05) is 0 Å². The minimum Gasteiger partial charge on any atom is -0.396 e. The van der Waals surface area contributed by atoms with Gasteiger partial charge >= 0.3 is 6.18 Å². The van der Waals surface area contributed by atoms with Crippen LogP contribution in [0.2, 0.25) is 0 Å². The van der Waals surface area contributed by atoms with Gasteiger partial charge < -0.3 is 10.4 Å². The Morgan fingerprint density at radius 1 is 1.30 bits per heavy atom. The van der Waals surface area contributed by atoms with Crippen LogP contribution in [0.25, 0.3) is 0 Å². The van der Waals surface area contributed by atoms with Crippen molar-refractivity contribution >= 4 is 5.91 Å². The standard InChI is InChI=1S/C14H18F3NO2/c1-13(2,6-7-19)18-12(20)9-10-4-3-5-11(8-10)14(15,16)17/h3-5,8,19H,6-7,9H2,1-2H3,(H,18,20). The van der Waals surface area contributed by atoms with Crippen LogP contribution in [0.4, 0.5) is 13.2 Å². The molecule has 0 radical (unpaired) electrons. The minimum absolute atomic E-state index is 0.0726. The van der Waals surface area contributed by atoms with E-state index in [9.17, 15) is 18.0 Å². The summed E-state index contributed by atoms with van der Waals surface area (Å²) in [6, 6.07) is 4.70. The van der Waals surface area contributed by atoms with Crippen molar-refractivity contribution in [2.45, 2.75) is 38.4 Å². The van der Waals surface area contributed by atoms with Crippen molar-refractivity contribution in [1.82, 2.24) is 5.32 Å². The number of hydrogen-bond acceptors (Lipinski definition) is 2. The van der Waals surface area contributed by atoms with Gasteiger partial charge in [-0.25, -0.2) is 0 Å². The lowest BCUT2D eigenvalue weighted by atomic mass is 10.0. The number of carbonyl (C=O) groups is 1. The third kappa shape index (κ3) is 5.21. The Hall–Kier alpha value is -1.56. The first-order chi connectivity index (χ1) is 9.14. The number of hydrogen-bond donors (Lipinski definition) is 2. The molecule has 1 aromatic carbocycles.